The second-order valence-corrected chi connectivity index (χ2v) is 5.37. The lowest BCUT2D eigenvalue weighted by Gasteiger charge is -2.27. The van der Waals surface area contributed by atoms with Crippen molar-refractivity contribution in [3.63, 3.8) is 0 Å². The van der Waals surface area contributed by atoms with Crippen LogP contribution in [0.15, 0.2) is 0 Å². The summed E-state index contributed by atoms with van der Waals surface area (Å²) in [7, 11) is 0. The molecule has 0 aromatic carbocycles. The fraction of sp³-hybridized carbons (Fsp3) is 0.714. The third-order valence-electron chi connectivity index (χ3n) is 3.28. The number of hydrogen-bond acceptors (Lipinski definition) is 3. The summed E-state index contributed by atoms with van der Waals surface area (Å²) >= 11 is 6.29. The maximum atomic E-state index is 6.29. The Bertz CT molecular complexity index is 397. The molecule has 0 saturated heterocycles. The molecule has 0 bridgehead atoms. The largest absolute Gasteiger partial charge is 0.368 e. The van der Waals surface area contributed by atoms with Gasteiger partial charge in [0, 0.05) is 17.9 Å². The topological polar surface area (TPSA) is 35.0 Å². The maximum absolute atomic E-state index is 6.29. The summed E-state index contributed by atoms with van der Waals surface area (Å²) in [5.74, 6) is 1.00. The summed E-state index contributed by atoms with van der Waals surface area (Å²) in [6, 6.07) is 0. The van der Waals surface area contributed by atoms with Crippen LogP contribution in [-0.4, -0.2) is 16.6 Å². The van der Waals surface area contributed by atoms with Gasteiger partial charge in [-0.15, -0.1) is 0 Å². The second kappa shape index (κ2) is 5.98. The zero-order valence-corrected chi connectivity index (χ0v) is 12.9. The van der Waals surface area contributed by atoms with E-state index in [9.17, 15) is 0 Å². The summed E-state index contributed by atoms with van der Waals surface area (Å²) in [6.45, 7) is 12.9. The van der Waals surface area contributed by atoms with Crippen LogP contribution in [0.1, 0.15) is 64.0 Å². The molecular formula is C14H23ClN2O. The molecule has 1 aromatic heterocycles. The first-order valence-electron chi connectivity index (χ1n) is 6.54. The first-order valence-corrected chi connectivity index (χ1v) is 6.92. The number of halogens is 1. The molecule has 3 nitrogen and oxygen atoms in total. The Kier molecular flexibility index (Phi) is 5.11. The van der Waals surface area contributed by atoms with Crippen LogP contribution in [0.5, 0.6) is 0 Å². The minimum Gasteiger partial charge on any atom is -0.368 e. The van der Waals surface area contributed by atoms with E-state index in [0.29, 0.717) is 23.5 Å². The molecule has 0 amide bonds. The number of ether oxygens (including phenoxy) is 1. The third kappa shape index (κ3) is 3.01. The van der Waals surface area contributed by atoms with Crippen LogP contribution in [0.3, 0.4) is 0 Å². The van der Waals surface area contributed by atoms with Crippen molar-refractivity contribution in [2.45, 2.75) is 59.5 Å². The lowest BCUT2D eigenvalue weighted by Crippen LogP contribution is -2.28. The number of aromatic nitrogens is 2. The number of rotatable bonds is 5. The molecule has 0 fully saturated rings. The van der Waals surface area contributed by atoms with E-state index in [1.54, 1.807) is 0 Å². The normalized spacial score (nSPS) is 14.9. The van der Waals surface area contributed by atoms with Gasteiger partial charge in [0.15, 0.2) is 5.82 Å². The highest BCUT2D eigenvalue weighted by molar-refractivity contribution is 6.30. The zero-order valence-electron chi connectivity index (χ0n) is 12.2. The van der Waals surface area contributed by atoms with Gasteiger partial charge in [0.2, 0.25) is 0 Å². The predicted octanol–water partition coefficient (Wildman–Crippen LogP) is 4.22. The fourth-order valence-electron chi connectivity index (χ4n) is 2.08. The Labute approximate surface area is 115 Å². The van der Waals surface area contributed by atoms with Crippen LogP contribution in [-0.2, 0) is 10.3 Å². The van der Waals surface area contributed by atoms with Crippen molar-refractivity contribution in [3.05, 3.63) is 22.2 Å². The van der Waals surface area contributed by atoms with E-state index in [4.69, 9.17) is 16.3 Å². The molecule has 0 spiro atoms. The Morgan fingerprint density at radius 3 is 2.28 bits per heavy atom. The first-order chi connectivity index (χ1) is 8.35. The van der Waals surface area contributed by atoms with Gasteiger partial charge < -0.3 is 4.74 Å². The number of nitrogens with zero attached hydrogens (tertiary/aromatic N) is 2. The molecule has 1 atom stereocenters. The van der Waals surface area contributed by atoms with Gasteiger partial charge in [-0.1, -0.05) is 32.4 Å². The molecule has 102 valence electrons. The third-order valence-corrected chi connectivity index (χ3v) is 3.57. The van der Waals surface area contributed by atoms with E-state index in [1.165, 1.54) is 0 Å². The Morgan fingerprint density at radius 1 is 1.28 bits per heavy atom. The highest BCUT2D eigenvalue weighted by Gasteiger charge is 2.30. The van der Waals surface area contributed by atoms with Gasteiger partial charge in [0.05, 0.1) is 0 Å². The van der Waals surface area contributed by atoms with Crippen LogP contribution in [0.2, 0.25) is 5.15 Å². The van der Waals surface area contributed by atoms with Crippen LogP contribution in [0.4, 0.5) is 0 Å². The van der Waals surface area contributed by atoms with Gasteiger partial charge >= 0.3 is 0 Å². The minimum atomic E-state index is -0.460. The van der Waals surface area contributed by atoms with Crippen molar-refractivity contribution in [1.29, 1.82) is 0 Å². The highest BCUT2D eigenvalue weighted by atomic mass is 35.5. The van der Waals surface area contributed by atoms with Crippen molar-refractivity contribution in [2.75, 3.05) is 6.61 Å². The van der Waals surface area contributed by atoms with E-state index < -0.39 is 5.60 Å². The van der Waals surface area contributed by atoms with Gasteiger partial charge in [-0.25, -0.2) is 9.97 Å². The van der Waals surface area contributed by atoms with Crippen LogP contribution < -0.4 is 0 Å². The molecule has 0 radical (unpaired) electrons. The summed E-state index contributed by atoms with van der Waals surface area (Å²) in [4.78, 5) is 9.04. The molecule has 1 aromatic rings. The second-order valence-electron chi connectivity index (χ2n) is 5.01. The van der Waals surface area contributed by atoms with Crippen molar-refractivity contribution in [1.82, 2.24) is 9.97 Å². The van der Waals surface area contributed by atoms with Crippen molar-refractivity contribution < 1.29 is 4.74 Å². The van der Waals surface area contributed by atoms with Crippen LogP contribution in [0, 0.1) is 6.92 Å². The summed E-state index contributed by atoms with van der Waals surface area (Å²) in [5.41, 5.74) is 1.51. The molecule has 0 aliphatic carbocycles. The van der Waals surface area contributed by atoms with Crippen molar-refractivity contribution in [2.24, 2.45) is 0 Å². The Balaban J connectivity index is 3.28. The standard InChI is InChI=1S/C14H23ClN2O/c1-7-14(6,18-8-2)13-16-10(5)11(9(3)4)12(15)17-13/h9H,7-8H2,1-6H3. The zero-order chi connectivity index (χ0) is 13.9. The van der Waals surface area contributed by atoms with Crippen molar-refractivity contribution in [3.8, 4) is 0 Å². The average molecular weight is 271 g/mol. The molecule has 0 aliphatic heterocycles. The molecular weight excluding hydrogens is 248 g/mol. The Hall–Kier alpha value is -0.670. The lowest BCUT2D eigenvalue weighted by atomic mass is 10.00. The smallest absolute Gasteiger partial charge is 0.161 e. The molecule has 1 heterocycles. The monoisotopic (exact) mass is 270 g/mol. The Morgan fingerprint density at radius 2 is 1.89 bits per heavy atom. The van der Waals surface area contributed by atoms with E-state index >= 15 is 0 Å². The van der Waals surface area contributed by atoms with Crippen LogP contribution >= 0.6 is 11.6 Å². The average Bonchev–Trinajstić information content (AvgIpc) is 2.27. The maximum Gasteiger partial charge on any atom is 0.161 e. The summed E-state index contributed by atoms with van der Waals surface area (Å²) in [5, 5.41) is 0.548. The van der Waals surface area contributed by atoms with Gasteiger partial charge in [-0.05, 0) is 33.1 Å². The molecule has 18 heavy (non-hydrogen) atoms. The SMILES string of the molecule is CCOC(C)(CC)c1nc(C)c(C(C)C)c(Cl)n1. The van der Waals surface area contributed by atoms with E-state index in [2.05, 4.69) is 30.7 Å². The quantitative estimate of drug-likeness (QED) is 0.751. The van der Waals surface area contributed by atoms with Crippen molar-refractivity contribution >= 4 is 11.6 Å². The number of aryl methyl sites for hydroxylation is 1. The van der Waals surface area contributed by atoms with E-state index in [1.807, 2.05) is 20.8 Å². The molecule has 1 rings (SSSR count). The van der Waals surface area contributed by atoms with Gasteiger partial charge in [-0.3, -0.25) is 0 Å². The highest BCUT2D eigenvalue weighted by Crippen LogP contribution is 2.31. The predicted molar refractivity (Wildman–Crippen MR) is 75.1 cm³/mol. The molecule has 0 saturated carbocycles. The fourth-order valence-corrected chi connectivity index (χ4v) is 2.52. The lowest BCUT2D eigenvalue weighted by molar-refractivity contribution is -0.0391. The minimum absolute atomic E-state index is 0.325. The van der Waals surface area contributed by atoms with E-state index in [0.717, 1.165) is 17.7 Å². The van der Waals surface area contributed by atoms with Gasteiger partial charge in [-0.2, -0.15) is 0 Å². The molecule has 0 aliphatic rings. The van der Waals surface area contributed by atoms with Gasteiger partial charge in [0.1, 0.15) is 10.8 Å². The summed E-state index contributed by atoms with van der Waals surface area (Å²) < 4.78 is 5.79. The molecule has 4 heteroatoms. The first kappa shape index (κ1) is 15.4. The molecule has 1 unspecified atom stereocenters. The number of hydrogen-bond donors (Lipinski definition) is 0. The van der Waals surface area contributed by atoms with E-state index in [-0.39, 0.29) is 0 Å². The van der Waals surface area contributed by atoms with Gasteiger partial charge in [0.25, 0.3) is 0 Å². The molecule has 0 N–H and O–H groups in total. The van der Waals surface area contributed by atoms with Crippen LogP contribution in [0.25, 0.3) is 0 Å². The summed E-state index contributed by atoms with van der Waals surface area (Å²) in [6.07, 6.45) is 0.817.